The number of nitriles is 1. The first kappa shape index (κ1) is 52.0. The Kier molecular flexibility index (Phi) is 15.5. The Hall–Kier alpha value is -5.81. The summed E-state index contributed by atoms with van der Waals surface area (Å²) in [6.07, 6.45) is -1.44. The lowest BCUT2D eigenvalue weighted by Crippen LogP contribution is -2.74. The number of aryl methyl sites for hydroxylation is 1. The fraction of sp³-hybridized carbons (Fsp3) is 0.481. The van der Waals surface area contributed by atoms with Gasteiger partial charge in [0.2, 0.25) is 17.7 Å². The van der Waals surface area contributed by atoms with Gasteiger partial charge in [-0.3, -0.25) is 19.2 Å². The second kappa shape index (κ2) is 20.9. The summed E-state index contributed by atoms with van der Waals surface area (Å²) in [5.41, 5.74) is 5.87. The molecule has 70 heavy (non-hydrogen) atoms. The van der Waals surface area contributed by atoms with Gasteiger partial charge in [0.05, 0.1) is 51.5 Å². The molecule has 1 aromatic heterocycles. The normalized spacial score (nSPS) is 21.3. The summed E-state index contributed by atoms with van der Waals surface area (Å²) < 4.78 is 18.0. The van der Waals surface area contributed by atoms with E-state index in [1.165, 1.54) is 4.90 Å². The van der Waals surface area contributed by atoms with Crippen molar-refractivity contribution in [3.63, 3.8) is 0 Å². The van der Waals surface area contributed by atoms with Crippen LogP contribution in [0, 0.1) is 46.3 Å². The summed E-state index contributed by atoms with van der Waals surface area (Å²) in [4.78, 5) is 63.5. The van der Waals surface area contributed by atoms with Gasteiger partial charge in [-0.15, -0.1) is 11.3 Å². The van der Waals surface area contributed by atoms with Gasteiger partial charge in [0.25, 0.3) is 5.91 Å². The van der Waals surface area contributed by atoms with Crippen LogP contribution in [0.5, 0.6) is 5.75 Å². The maximum absolute atomic E-state index is 14.1. The van der Waals surface area contributed by atoms with E-state index in [-0.39, 0.29) is 73.6 Å². The molecule has 1 unspecified atom stereocenters. The van der Waals surface area contributed by atoms with Crippen LogP contribution in [0.15, 0.2) is 66.2 Å². The first-order valence-electron chi connectivity index (χ1n) is 23.6. The van der Waals surface area contributed by atoms with Gasteiger partial charge in [-0.2, -0.15) is 5.26 Å². The first-order chi connectivity index (χ1) is 33.0. The lowest BCUT2D eigenvalue weighted by atomic mass is 9.49. The molecule has 0 spiro atoms. The predicted octanol–water partition coefficient (Wildman–Crippen LogP) is 7.62. The van der Waals surface area contributed by atoms with E-state index in [1.807, 2.05) is 87.5 Å². The zero-order valence-electron chi connectivity index (χ0n) is 41.5. The van der Waals surface area contributed by atoms with E-state index in [4.69, 9.17) is 25.8 Å². The molecule has 370 valence electrons. The van der Waals surface area contributed by atoms with Gasteiger partial charge in [-0.05, 0) is 73.2 Å². The number of halogens is 1. The molecule has 4 aromatic rings. The van der Waals surface area contributed by atoms with Crippen molar-refractivity contribution in [1.82, 2.24) is 25.4 Å². The molecule has 16 heteroatoms. The molecule has 4 amide bonds. The second-order valence-electron chi connectivity index (χ2n) is 20.9. The number of hydrogen-bond acceptors (Lipinski definition) is 11. The van der Waals surface area contributed by atoms with Crippen molar-refractivity contribution < 1.29 is 38.5 Å². The van der Waals surface area contributed by atoms with E-state index >= 15 is 0 Å². The molecular formula is C54H63ClN6O8S. The molecule has 5 atom stereocenters. The number of benzene rings is 3. The van der Waals surface area contributed by atoms with Crippen LogP contribution in [0.4, 0.5) is 0 Å². The molecule has 2 fully saturated rings. The summed E-state index contributed by atoms with van der Waals surface area (Å²) in [5.74, 6) is 5.37. The molecule has 2 aliphatic heterocycles. The molecule has 3 aromatic carbocycles. The number of carbonyl (C=O) groups excluding carboxylic acids is 4. The van der Waals surface area contributed by atoms with E-state index in [0.29, 0.717) is 28.4 Å². The number of nitrogens with zero attached hydrogens (tertiary/aromatic N) is 4. The van der Waals surface area contributed by atoms with Gasteiger partial charge in [0, 0.05) is 53.6 Å². The Balaban J connectivity index is 0.864. The molecule has 1 saturated carbocycles. The molecule has 0 bridgehead atoms. The lowest BCUT2D eigenvalue weighted by molar-refractivity contribution is -0.199. The Morgan fingerprint density at radius 3 is 2.39 bits per heavy atom. The SMILES string of the molecule is Cc1ncsc1-c1ccc([C@H](C)NC(=O)[C@@H]2C[C@@H](O)CN2C(=O)[C@@H](NC(=O)COCC(C)OCC#Cc2ccc3c(c2)CN(C2C(C)(C)C(Oc4ccc(C#N)c(Cl)c4)C2(C)C)C3=O)C(C)(C)C)cc1. The summed E-state index contributed by atoms with van der Waals surface area (Å²) in [6, 6.07) is 18.2. The van der Waals surface area contributed by atoms with Crippen LogP contribution in [-0.4, -0.2) is 106 Å². The monoisotopic (exact) mass is 990 g/mol. The zero-order chi connectivity index (χ0) is 50.9. The third-order valence-corrected chi connectivity index (χ3v) is 14.9. The third-order valence-electron chi connectivity index (χ3n) is 13.6. The Morgan fingerprint density at radius 2 is 1.74 bits per heavy atom. The molecule has 1 saturated heterocycles. The van der Waals surface area contributed by atoms with Gasteiger partial charge in [0.1, 0.15) is 43.2 Å². The van der Waals surface area contributed by atoms with Gasteiger partial charge < -0.3 is 39.8 Å². The van der Waals surface area contributed by atoms with Crippen molar-refractivity contribution in [3.05, 3.63) is 105 Å². The van der Waals surface area contributed by atoms with Gasteiger partial charge in [0.15, 0.2) is 0 Å². The predicted molar refractivity (Wildman–Crippen MR) is 268 cm³/mol. The molecule has 3 aliphatic rings. The number of fused-ring (bicyclic) bond motifs is 1. The number of ether oxygens (including phenoxy) is 3. The Bertz CT molecular complexity index is 2720. The van der Waals surface area contributed by atoms with Crippen molar-refractivity contribution in [2.24, 2.45) is 16.2 Å². The van der Waals surface area contributed by atoms with Gasteiger partial charge in [-0.1, -0.05) is 96.2 Å². The maximum Gasteiger partial charge on any atom is 0.254 e. The van der Waals surface area contributed by atoms with Crippen LogP contribution in [-0.2, 0) is 30.4 Å². The molecular weight excluding hydrogens is 928 g/mol. The van der Waals surface area contributed by atoms with Crippen molar-refractivity contribution in [2.45, 2.75) is 125 Å². The number of carbonyl (C=O) groups is 4. The fourth-order valence-corrected chi connectivity index (χ4v) is 11.6. The van der Waals surface area contributed by atoms with Gasteiger partial charge in [-0.25, -0.2) is 4.98 Å². The standard InChI is InChI=1S/C54H63ClN6O8S/c1-31(68-21-11-12-34-13-20-41-38(22-34)26-61(48(41)65)50-53(7,8)51(54(50,9)10)69-40-19-18-37(25-56)42(55)24-40)28-67-29-44(63)59-46(52(4,5)6)49(66)60-27-39(62)23-43(60)47(64)58-32(2)35-14-16-36(17-15-35)45-33(3)57-30-70-45/h13-20,22,24,30-32,39,43,46,50-51,62H,21,23,26-29H2,1-10H3,(H,58,64)(H,59,63)/t31?,32-,39+,43-,46+,50?,51?/m0/s1. The van der Waals surface area contributed by atoms with E-state index < -0.39 is 41.5 Å². The minimum Gasteiger partial charge on any atom is -0.489 e. The molecule has 7 rings (SSSR count). The number of nitrogens with one attached hydrogen (secondary N) is 2. The third kappa shape index (κ3) is 11.0. The number of amides is 4. The number of hydrogen-bond donors (Lipinski definition) is 3. The summed E-state index contributed by atoms with van der Waals surface area (Å²) in [6.45, 7) is 19.8. The first-order valence-corrected chi connectivity index (χ1v) is 24.8. The summed E-state index contributed by atoms with van der Waals surface area (Å²) in [7, 11) is 0. The number of β-amino-alcohol motifs (C(OH)–C–C–N with tert-alkyl or cyclic N) is 1. The van der Waals surface area contributed by atoms with Crippen LogP contribution >= 0.6 is 22.9 Å². The van der Waals surface area contributed by atoms with Crippen LogP contribution in [0.25, 0.3) is 10.4 Å². The van der Waals surface area contributed by atoms with E-state index in [9.17, 15) is 29.5 Å². The van der Waals surface area contributed by atoms with Crippen LogP contribution in [0.1, 0.15) is 113 Å². The Labute approximate surface area is 420 Å². The molecule has 3 N–H and O–H groups in total. The number of aliphatic hydroxyl groups excluding tert-OH is 1. The molecule has 0 radical (unpaired) electrons. The summed E-state index contributed by atoms with van der Waals surface area (Å²) >= 11 is 7.86. The number of rotatable bonds is 15. The molecule has 14 nitrogen and oxygen atoms in total. The maximum atomic E-state index is 14.1. The topological polar surface area (TPSA) is 183 Å². The van der Waals surface area contributed by atoms with E-state index in [2.05, 4.69) is 61.2 Å². The fourth-order valence-electron chi connectivity index (χ4n) is 10.5. The van der Waals surface area contributed by atoms with Crippen LogP contribution < -0.4 is 15.4 Å². The van der Waals surface area contributed by atoms with Crippen molar-refractivity contribution in [1.29, 1.82) is 5.26 Å². The highest BCUT2D eigenvalue weighted by molar-refractivity contribution is 7.13. The summed E-state index contributed by atoms with van der Waals surface area (Å²) in [5, 5.41) is 26.1. The minimum atomic E-state index is -1.00. The minimum absolute atomic E-state index is 0.0291. The number of thiazole rings is 1. The van der Waals surface area contributed by atoms with Crippen LogP contribution in [0.2, 0.25) is 5.02 Å². The van der Waals surface area contributed by atoms with Gasteiger partial charge >= 0.3 is 0 Å². The van der Waals surface area contributed by atoms with E-state index in [1.54, 1.807) is 36.5 Å². The average molecular weight is 992 g/mol. The average Bonchev–Trinajstić information content (AvgIpc) is 4.01. The molecule has 3 heterocycles. The Morgan fingerprint density at radius 1 is 1.03 bits per heavy atom. The highest BCUT2D eigenvalue weighted by atomic mass is 35.5. The highest BCUT2D eigenvalue weighted by Gasteiger charge is 2.67. The van der Waals surface area contributed by atoms with E-state index in [0.717, 1.165) is 32.8 Å². The zero-order valence-corrected chi connectivity index (χ0v) is 43.1. The lowest BCUT2D eigenvalue weighted by Gasteiger charge is -2.65. The number of aliphatic hydroxyl groups is 1. The quantitative estimate of drug-likeness (QED) is 0.100. The number of likely N-dealkylation sites (tertiary alicyclic amines) is 1. The van der Waals surface area contributed by atoms with Crippen LogP contribution in [0.3, 0.4) is 0 Å². The van der Waals surface area contributed by atoms with Crippen molar-refractivity contribution in [3.8, 4) is 34.1 Å². The largest absolute Gasteiger partial charge is 0.489 e. The number of aromatic nitrogens is 1. The molecule has 1 aliphatic carbocycles. The second-order valence-corrected chi connectivity index (χ2v) is 22.2. The highest BCUT2D eigenvalue weighted by Crippen LogP contribution is 2.59. The van der Waals surface area contributed by atoms with Crippen molar-refractivity contribution in [2.75, 3.05) is 26.4 Å². The van der Waals surface area contributed by atoms with Crippen molar-refractivity contribution >= 4 is 46.6 Å². The smallest absolute Gasteiger partial charge is 0.254 e.